The maximum Gasteiger partial charge on any atom is 0.295 e. The molecule has 152 valence electrons. The molecular formula is C22H22FNO5. The molecule has 29 heavy (non-hydrogen) atoms. The Labute approximate surface area is 168 Å². The number of Topliss-reactive ketones (excluding diaryl/α,β-unsaturated/α-hetero) is 1. The van der Waals surface area contributed by atoms with Gasteiger partial charge in [-0.15, -0.1) is 0 Å². The Morgan fingerprint density at radius 3 is 2.41 bits per heavy atom. The number of nitrogens with zero attached hydrogens (tertiary/aromatic N) is 1. The molecule has 0 aliphatic carbocycles. The average molecular weight is 399 g/mol. The number of halogens is 1. The van der Waals surface area contributed by atoms with Crippen molar-refractivity contribution in [3.63, 3.8) is 0 Å². The van der Waals surface area contributed by atoms with E-state index in [1.807, 2.05) is 6.92 Å². The Hall–Kier alpha value is -3.35. The van der Waals surface area contributed by atoms with Crippen molar-refractivity contribution in [2.45, 2.75) is 19.4 Å². The molecule has 1 N–H and O–H groups in total. The first-order valence-electron chi connectivity index (χ1n) is 9.19. The van der Waals surface area contributed by atoms with E-state index in [2.05, 4.69) is 0 Å². The predicted molar refractivity (Wildman–Crippen MR) is 105 cm³/mol. The van der Waals surface area contributed by atoms with Crippen molar-refractivity contribution < 1.29 is 28.6 Å². The summed E-state index contributed by atoms with van der Waals surface area (Å²) in [5.74, 6) is -1.76. The Morgan fingerprint density at radius 2 is 1.79 bits per heavy atom. The minimum Gasteiger partial charge on any atom is -0.507 e. The lowest BCUT2D eigenvalue weighted by atomic mass is 9.94. The average Bonchev–Trinajstić information content (AvgIpc) is 2.98. The lowest BCUT2D eigenvalue weighted by Crippen LogP contribution is -2.30. The first-order chi connectivity index (χ1) is 13.9. The molecular weight excluding hydrogens is 377 g/mol. The van der Waals surface area contributed by atoms with Crippen LogP contribution in [0.4, 0.5) is 4.39 Å². The Balaban J connectivity index is 2.22. The molecule has 1 heterocycles. The second kappa shape index (κ2) is 8.34. The van der Waals surface area contributed by atoms with Crippen molar-refractivity contribution in [1.82, 2.24) is 4.90 Å². The number of aliphatic hydroxyl groups is 1. The third-order valence-corrected chi connectivity index (χ3v) is 4.86. The number of methoxy groups -OCH3 is 2. The summed E-state index contributed by atoms with van der Waals surface area (Å²) in [4.78, 5) is 26.7. The summed E-state index contributed by atoms with van der Waals surface area (Å²) in [6.45, 7) is 2.11. The molecule has 7 heteroatoms. The first kappa shape index (κ1) is 20.4. The standard InChI is InChI=1S/C22H22FNO5/c1-4-11-24-19(14-7-5-6-8-15(14)23)18(21(26)22(24)27)20(25)13-9-10-16(28-2)17(12-13)29-3/h5-10,12,19,25H,4,11H2,1-3H3/b20-18+. The molecule has 2 aromatic rings. The highest BCUT2D eigenvalue weighted by Gasteiger charge is 2.46. The maximum absolute atomic E-state index is 14.6. The quantitative estimate of drug-likeness (QED) is 0.456. The second-order valence-electron chi connectivity index (χ2n) is 6.58. The van der Waals surface area contributed by atoms with Crippen molar-refractivity contribution >= 4 is 17.4 Å². The van der Waals surface area contributed by atoms with Crippen LogP contribution in [0, 0.1) is 5.82 Å². The van der Waals surface area contributed by atoms with Gasteiger partial charge in [-0.3, -0.25) is 9.59 Å². The van der Waals surface area contributed by atoms with E-state index in [0.29, 0.717) is 17.9 Å². The van der Waals surface area contributed by atoms with E-state index in [-0.39, 0.29) is 23.2 Å². The number of carbonyl (C=O) groups excluding carboxylic acids is 2. The zero-order valence-electron chi connectivity index (χ0n) is 16.4. The molecule has 1 atom stereocenters. The first-order valence-corrected chi connectivity index (χ1v) is 9.19. The molecule has 0 bridgehead atoms. The monoisotopic (exact) mass is 399 g/mol. The van der Waals surface area contributed by atoms with Gasteiger partial charge in [0, 0.05) is 17.7 Å². The Morgan fingerprint density at radius 1 is 1.10 bits per heavy atom. The Bertz CT molecular complexity index is 985. The number of benzene rings is 2. The van der Waals surface area contributed by atoms with Crippen LogP contribution in [0.5, 0.6) is 11.5 Å². The largest absolute Gasteiger partial charge is 0.507 e. The number of hydrogen-bond acceptors (Lipinski definition) is 5. The number of amides is 1. The molecule has 3 rings (SSSR count). The van der Waals surface area contributed by atoms with Crippen LogP contribution in [-0.4, -0.2) is 42.5 Å². The van der Waals surface area contributed by atoms with Gasteiger partial charge in [-0.2, -0.15) is 0 Å². The fourth-order valence-corrected chi connectivity index (χ4v) is 3.51. The van der Waals surface area contributed by atoms with Gasteiger partial charge in [0.15, 0.2) is 11.5 Å². The van der Waals surface area contributed by atoms with Crippen LogP contribution in [0.2, 0.25) is 0 Å². The van der Waals surface area contributed by atoms with E-state index >= 15 is 0 Å². The van der Waals surface area contributed by atoms with Crippen molar-refractivity contribution in [3.05, 3.63) is 65.0 Å². The van der Waals surface area contributed by atoms with Gasteiger partial charge in [0.25, 0.3) is 11.7 Å². The van der Waals surface area contributed by atoms with Crippen LogP contribution >= 0.6 is 0 Å². The highest BCUT2D eigenvalue weighted by Crippen LogP contribution is 2.41. The third kappa shape index (κ3) is 3.55. The van der Waals surface area contributed by atoms with Gasteiger partial charge < -0.3 is 19.5 Å². The lowest BCUT2D eigenvalue weighted by molar-refractivity contribution is -0.139. The molecule has 1 unspecified atom stereocenters. The number of likely N-dealkylation sites (tertiary alicyclic amines) is 1. The zero-order valence-corrected chi connectivity index (χ0v) is 16.4. The van der Waals surface area contributed by atoms with Gasteiger partial charge in [0.2, 0.25) is 0 Å². The number of ether oxygens (including phenoxy) is 2. The van der Waals surface area contributed by atoms with Gasteiger partial charge in [-0.1, -0.05) is 25.1 Å². The minimum absolute atomic E-state index is 0.152. The number of aliphatic hydroxyl groups excluding tert-OH is 1. The van der Waals surface area contributed by atoms with E-state index in [9.17, 15) is 19.1 Å². The van der Waals surface area contributed by atoms with E-state index in [4.69, 9.17) is 9.47 Å². The number of rotatable bonds is 6. The van der Waals surface area contributed by atoms with E-state index in [1.54, 1.807) is 18.2 Å². The van der Waals surface area contributed by atoms with Gasteiger partial charge in [0.05, 0.1) is 25.8 Å². The highest BCUT2D eigenvalue weighted by atomic mass is 19.1. The fraction of sp³-hybridized carbons (Fsp3) is 0.273. The summed E-state index contributed by atoms with van der Waals surface area (Å²) in [5, 5.41) is 11.0. The fourth-order valence-electron chi connectivity index (χ4n) is 3.51. The highest BCUT2D eigenvalue weighted by molar-refractivity contribution is 6.46. The summed E-state index contributed by atoms with van der Waals surface area (Å²) in [7, 11) is 2.92. The van der Waals surface area contributed by atoms with Crippen LogP contribution in [0.25, 0.3) is 5.76 Å². The van der Waals surface area contributed by atoms with E-state index in [1.165, 1.54) is 43.4 Å². The van der Waals surface area contributed by atoms with Gasteiger partial charge in [-0.25, -0.2) is 4.39 Å². The van der Waals surface area contributed by atoms with Crippen molar-refractivity contribution in [3.8, 4) is 11.5 Å². The van der Waals surface area contributed by atoms with Crippen LogP contribution in [0.15, 0.2) is 48.0 Å². The Kier molecular flexibility index (Phi) is 5.87. The van der Waals surface area contributed by atoms with Crippen molar-refractivity contribution in [2.24, 2.45) is 0 Å². The molecule has 0 spiro atoms. The van der Waals surface area contributed by atoms with Gasteiger partial charge in [0.1, 0.15) is 11.6 Å². The summed E-state index contributed by atoms with van der Waals surface area (Å²) < 4.78 is 25.0. The van der Waals surface area contributed by atoms with Crippen LogP contribution in [0.1, 0.15) is 30.5 Å². The topological polar surface area (TPSA) is 76.1 Å². The molecule has 2 aromatic carbocycles. The third-order valence-electron chi connectivity index (χ3n) is 4.86. The van der Waals surface area contributed by atoms with E-state index in [0.717, 1.165) is 0 Å². The zero-order chi connectivity index (χ0) is 21.1. The van der Waals surface area contributed by atoms with Crippen LogP contribution in [-0.2, 0) is 9.59 Å². The molecule has 1 fully saturated rings. The molecule has 0 saturated carbocycles. The number of ketones is 1. The summed E-state index contributed by atoms with van der Waals surface area (Å²) in [6.07, 6.45) is 0.578. The minimum atomic E-state index is -1.01. The molecule has 1 aliphatic heterocycles. The number of hydrogen-bond donors (Lipinski definition) is 1. The smallest absolute Gasteiger partial charge is 0.295 e. The molecule has 0 aromatic heterocycles. The SMILES string of the molecule is CCCN1C(=O)C(=O)/C(=C(/O)c2ccc(OC)c(OC)c2)C1c1ccccc1F. The summed E-state index contributed by atoms with van der Waals surface area (Å²) in [5.41, 5.74) is 0.265. The van der Waals surface area contributed by atoms with E-state index < -0.39 is 29.3 Å². The summed E-state index contributed by atoms with van der Waals surface area (Å²) in [6, 6.07) is 9.54. The maximum atomic E-state index is 14.6. The normalized spacial score (nSPS) is 18.2. The molecule has 1 amide bonds. The van der Waals surface area contributed by atoms with Crippen molar-refractivity contribution in [2.75, 3.05) is 20.8 Å². The predicted octanol–water partition coefficient (Wildman–Crippen LogP) is 3.67. The second-order valence-corrected chi connectivity index (χ2v) is 6.58. The van der Waals surface area contributed by atoms with Crippen LogP contribution < -0.4 is 9.47 Å². The molecule has 0 radical (unpaired) electrons. The molecule has 1 saturated heterocycles. The molecule has 1 aliphatic rings. The lowest BCUT2D eigenvalue weighted by Gasteiger charge is -2.25. The molecule has 6 nitrogen and oxygen atoms in total. The van der Waals surface area contributed by atoms with Crippen molar-refractivity contribution in [1.29, 1.82) is 0 Å². The summed E-state index contributed by atoms with van der Waals surface area (Å²) >= 11 is 0. The number of carbonyl (C=O) groups is 2. The van der Waals surface area contributed by atoms with Gasteiger partial charge >= 0.3 is 0 Å². The van der Waals surface area contributed by atoms with Crippen LogP contribution in [0.3, 0.4) is 0 Å². The van der Waals surface area contributed by atoms with Gasteiger partial charge in [-0.05, 0) is 30.7 Å².